The number of fused-ring (bicyclic) bond motifs is 4. The summed E-state index contributed by atoms with van der Waals surface area (Å²) in [6.07, 6.45) is 1.87. The van der Waals surface area contributed by atoms with Gasteiger partial charge in [-0.25, -0.2) is 9.97 Å². The van der Waals surface area contributed by atoms with Gasteiger partial charge in [0.15, 0.2) is 0 Å². The predicted molar refractivity (Wildman–Crippen MR) is 158 cm³/mol. The van der Waals surface area contributed by atoms with Crippen LogP contribution in [0.4, 0.5) is 0 Å². The first kappa shape index (κ1) is 27.9. The average molecular weight is 710 g/mol. The predicted octanol–water partition coefficient (Wildman–Crippen LogP) is 8.62. The van der Waals surface area contributed by atoms with Gasteiger partial charge in [0.25, 0.3) is 0 Å². The first-order chi connectivity index (χ1) is 18.5. The molecule has 3 heterocycles. The van der Waals surface area contributed by atoms with Crippen LogP contribution in [-0.2, 0) is 31.9 Å². The molecule has 0 unspecified atom stereocenters. The summed E-state index contributed by atoms with van der Waals surface area (Å²) < 4.78 is 8.48. The summed E-state index contributed by atoms with van der Waals surface area (Å²) in [5.74, 6) is 1.93. The van der Waals surface area contributed by atoms with Crippen molar-refractivity contribution >= 4 is 32.7 Å². The molecule has 0 saturated heterocycles. The Kier molecular flexibility index (Phi) is 7.00. The maximum atomic E-state index is 10.6. The van der Waals surface area contributed by atoms with E-state index in [9.17, 15) is 5.11 Å². The minimum absolute atomic E-state index is 0. The largest absolute Gasteiger partial charge is 0.506 e. The number of pyridine rings is 2. The second-order valence-corrected chi connectivity index (χ2v) is 12.1. The first-order valence-electron chi connectivity index (χ1n) is 13.2. The molecule has 3 aromatic carbocycles. The standard InChI is InChI=1S/C34H32N3O2.Pt/c1-33(2,3)21-16-17-35-30(18-21)37-27-12-8-7-10-23(27)24-15-14-22(19-28(24)37)39-31-20-26(34(4,5)6)25-11-9-13-29(38)32(25)36-31;/h7-18,20,38H,1-6H3;/q-1;. The molecule has 6 aromatic rings. The van der Waals surface area contributed by atoms with Crippen molar-refractivity contribution in [1.29, 1.82) is 0 Å². The van der Waals surface area contributed by atoms with Crippen molar-refractivity contribution in [3.05, 3.63) is 96.2 Å². The van der Waals surface area contributed by atoms with Crippen molar-refractivity contribution in [2.75, 3.05) is 0 Å². The fraction of sp³-hybridized carbons (Fsp3) is 0.235. The van der Waals surface area contributed by atoms with Crippen molar-refractivity contribution < 1.29 is 30.9 Å². The maximum Gasteiger partial charge on any atom is 0.217 e. The second kappa shape index (κ2) is 10.0. The molecule has 206 valence electrons. The van der Waals surface area contributed by atoms with Crippen molar-refractivity contribution in [3.8, 4) is 23.2 Å². The van der Waals surface area contributed by atoms with Gasteiger partial charge in [-0.2, -0.15) is 6.07 Å². The Balaban J connectivity index is 0.00000323. The number of hydrogen-bond donors (Lipinski definition) is 1. The van der Waals surface area contributed by atoms with Crippen LogP contribution in [0.25, 0.3) is 38.5 Å². The molecule has 0 fully saturated rings. The molecule has 6 rings (SSSR count). The van der Waals surface area contributed by atoms with Crippen LogP contribution in [0.15, 0.2) is 79.0 Å². The molecular formula is C34H32N3O2Pt-. The van der Waals surface area contributed by atoms with Crippen LogP contribution in [0.5, 0.6) is 17.4 Å². The van der Waals surface area contributed by atoms with Gasteiger partial charge in [0.05, 0.1) is 0 Å². The van der Waals surface area contributed by atoms with Gasteiger partial charge in [0, 0.05) is 50.0 Å². The topological polar surface area (TPSA) is 60.2 Å². The molecule has 0 radical (unpaired) electrons. The van der Waals surface area contributed by atoms with Crippen LogP contribution in [-0.4, -0.2) is 19.6 Å². The number of phenols is 1. The number of rotatable bonds is 3. The molecule has 0 spiro atoms. The summed E-state index contributed by atoms with van der Waals surface area (Å²) in [5, 5.41) is 13.7. The van der Waals surface area contributed by atoms with Crippen LogP contribution >= 0.6 is 0 Å². The number of benzene rings is 3. The molecule has 0 aliphatic heterocycles. The van der Waals surface area contributed by atoms with E-state index in [4.69, 9.17) is 9.72 Å². The van der Waals surface area contributed by atoms with Crippen molar-refractivity contribution in [2.24, 2.45) is 0 Å². The van der Waals surface area contributed by atoms with E-state index < -0.39 is 0 Å². The Morgan fingerprint density at radius 2 is 1.55 bits per heavy atom. The molecule has 0 atom stereocenters. The average Bonchev–Trinajstić information content (AvgIpc) is 3.21. The Morgan fingerprint density at radius 1 is 0.800 bits per heavy atom. The van der Waals surface area contributed by atoms with E-state index in [0.29, 0.717) is 17.1 Å². The normalized spacial score (nSPS) is 12.2. The Morgan fingerprint density at radius 3 is 2.30 bits per heavy atom. The van der Waals surface area contributed by atoms with Gasteiger partial charge in [0.2, 0.25) is 5.88 Å². The molecule has 3 aromatic heterocycles. The zero-order valence-electron chi connectivity index (χ0n) is 23.5. The van der Waals surface area contributed by atoms with Crippen LogP contribution in [0.1, 0.15) is 52.7 Å². The number of ether oxygens (including phenoxy) is 1. The maximum absolute atomic E-state index is 10.6. The van der Waals surface area contributed by atoms with Gasteiger partial charge in [-0.1, -0.05) is 77.4 Å². The summed E-state index contributed by atoms with van der Waals surface area (Å²) in [4.78, 5) is 9.43. The summed E-state index contributed by atoms with van der Waals surface area (Å²) >= 11 is 0. The van der Waals surface area contributed by atoms with Gasteiger partial charge in [-0.15, -0.1) is 17.5 Å². The van der Waals surface area contributed by atoms with E-state index in [1.807, 2.05) is 36.5 Å². The van der Waals surface area contributed by atoms with Gasteiger partial charge in [-0.05, 0) is 51.6 Å². The molecule has 40 heavy (non-hydrogen) atoms. The number of aromatic nitrogens is 3. The fourth-order valence-corrected chi connectivity index (χ4v) is 5.17. The number of aromatic hydroxyl groups is 1. The molecule has 0 aliphatic rings. The monoisotopic (exact) mass is 709 g/mol. The van der Waals surface area contributed by atoms with Crippen LogP contribution < -0.4 is 4.74 Å². The van der Waals surface area contributed by atoms with Crippen LogP contribution in [0.3, 0.4) is 0 Å². The summed E-state index contributed by atoms with van der Waals surface area (Å²) in [5.41, 5.74) is 4.55. The number of para-hydroxylation sites is 2. The van der Waals surface area contributed by atoms with Gasteiger partial charge >= 0.3 is 0 Å². The SMILES string of the molecule is CC(C)(C)c1ccnc(-n2c3[c-]c(Oc4cc(C(C)(C)C)c5cccc(O)c5n4)ccc3c3ccccc32)c1.[Pt]. The smallest absolute Gasteiger partial charge is 0.217 e. The fourth-order valence-electron chi connectivity index (χ4n) is 5.17. The van der Waals surface area contributed by atoms with Crippen LogP contribution in [0, 0.1) is 6.07 Å². The number of phenolic OH excluding ortho intramolecular Hbond substituents is 1. The summed E-state index contributed by atoms with van der Waals surface area (Å²) in [6, 6.07) is 27.5. The van der Waals surface area contributed by atoms with Gasteiger partial charge in [0.1, 0.15) is 17.1 Å². The minimum atomic E-state index is -0.170. The third-order valence-electron chi connectivity index (χ3n) is 7.21. The Bertz CT molecular complexity index is 1880. The zero-order chi connectivity index (χ0) is 27.5. The zero-order valence-corrected chi connectivity index (χ0v) is 25.8. The van der Waals surface area contributed by atoms with Crippen molar-refractivity contribution in [3.63, 3.8) is 0 Å². The third kappa shape index (κ3) is 4.88. The molecular weight excluding hydrogens is 677 g/mol. The van der Waals surface area contributed by atoms with E-state index in [0.717, 1.165) is 38.6 Å². The second-order valence-electron chi connectivity index (χ2n) is 12.1. The van der Waals surface area contributed by atoms with E-state index in [2.05, 4.69) is 93.6 Å². The quantitative estimate of drug-likeness (QED) is 0.187. The molecule has 6 heteroatoms. The van der Waals surface area contributed by atoms with Gasteiger partial charge < -0.3 is 14.4 Å². The Labute approximate surface area is 249 Å². The van der Waals surface area contributed by atoms with E-state index in [-0.39, 0.29) is 37.6 Å². The van der Waals surface area contributed by atoms with Crippen LogP contribution in [0.2, 0.25) is 0 Å². The number of hydrogen-bond acceptors (Lipinski definition) is 4. The molecule has 0 aliphatic carbocycles. The summed E-state index contributed by atoms with van der Waals surface area (Å²) in [6.45, 7) is 13.0. The minimum Gasteiger partial charge on any atom is -0.506 e. The van der Waals surface area contributed by atoms with E-state index in [1.165, 1.54) is 5.56 Å². The van der Waals surface area contributed by atoms with Crippen molar-refractivity contribution in [2.45, 2.75) is 52.4 Å². The van der Waals surface area contributed by atoms with E-state index in [1.54, 1.807) is 6.07 Å². The molecule has 5 nitrogen and oxygen atoms in total. The van der Waals surface area contributed by atoms with E-state index >= 15 is 0 Å². The van der Waals surface area contributed by atoms with Gasteiger partial charge in [-0.3, -0.25) is 0 Å². The molecule has 0 saturated carbocycles. The summed E-state index contributed by atoms with van der Waals surface area (Å²) in [7, 11) is 0. The molecule has 0 amide bonds. The van der Waals surface area contributed by atoms with Crippen molar-refractivity contribution in [1.82, 2.24) is 14.5 Å². The molecule has 0 bridgehead atoms. The Hall–Kier alpha value is -3.69. The first-order valence-corrected chi connectivity index (χ1v) is 13.2. The molecule has 1 N–H and O–H groups in total. The third-order valence-corrected chi connectivity index (χ3v) is 7.21. The number of nitrogens with zero attached hydrogens (tertiary/aromatic N) is 3.